The van der Waals surface area contributed by atoms with Crippen LogP contribution < -0.4 is 11.1 Å². The number of likely N-dealkylation sites (tertiary alicyclic amines) is 1. The van der Waals surface area contributed by atoms with Gasteiger partial charge in [0.15, 0.2) is 0 Å². The average Bonchev–Trinajstić information content (AvgIpc) is 2.82. The van der Waals surface area contributed by atoms with Crippen molar-refractivity contribution in [1.82, 2.24) is 10.2 Å². The Balaban J connectivity index is 1.61. The van der Waals surface area contributed by atoms with E-state index >= 15 is 0 Å². The molecule has 6 heteroatoms. The van der Waals surface area contributed by atoms with E-state index < -0.39 is 17.4 Å². The molecule has 0 aromatic carbocycles. The van der Waals surface area contributed by atoms with Crippen molar-refractivity contribution in [1.29, 1.82) is 0 Å². The van der Waals surface area contributed by atoms with Crippen molar-refractivity contribution in [3.05, 3.63) is 0 Å². The second kappa shape index (κ2) is 9.57. The number of amides is 2. The third kappa shape index (κ3) is 4.88. The van der Waals surface area contributed by atoms with Crippen LogP contribution in [-0.4, -0.2) is 53.1 Å². The summed E-state index contributed by atoms with van der Waals surface area (Å²) in [5.74, 6) is -0.0489. The van der Waals surface area contributed by atoms with Gasteiger partial charge in [0.25, 0.3) is 0 Å². The normalized spacial score (nSPS) is 32.4. The van der Waals surface area contributed by atoms with Gasteiger partial charge in [0.1, 0.15) is 5.41 Å². The summed E-state index contributed by atoms with van der Waals surface area (Å²) < 4.78 is 0. The van der Waals surface area contributed by atoms with Crippen LogP contribution >= 0.6 is 0 Å². The molecule has 0 bridgehead atoms. The Morgan fingerprint density at radius 1 is 1.04 bits per heavy atom. The number of nitrogens with two attached hydrogens (primary N) is 1. The number of nitrogens with zero attached hydrogens (tertiary/aromatic N) is 1. The van der Waals surface area contributed by atoms with Crippen molar-refractivity contribution in [2.45, 2.75) is 102 Å². The summed E-state index contributed by atoms with van der Waals surface area (Å²) >= 11 is 0. The van der Waals surface area contributed by atoms with Gasteiger partial charge in [-0.2, -0.15) is 0 Å². The van der Waals surface area contributed by atoms with Gasteiger partial charge in [-0.1, -0.05) is 38.5 Å². The highest BCUT2D eigenvalue weighted by molar-refractivity contribution is 6.04. The molecule has 6 nitrogen and oxygen atoms in total. The zero-order valence-electron chi connectivity index (χ0n) is 17.5. The zero-order valence-corrected chi connectivity index (χ0v) is 17.5. The van der Waals surface area contributed by atoms with Crippen molar-refractivity contribution in [2.24, 2.45) is 17.1 Å². The summed E-state index contributed by atoms with van der Waals surface area (Å²) in [5, 5.41) is 13.9. The van der Waals surface area contributed by atoms with Crippen LogP contribution in [0.25, 0.3) is 0 Å². The lowest BCUT2D eigenvalue weighted by molar-refractivity contribution is -0.145. The number of aliphatic hydroxyl groups is 1. The van der Waals surface area contributed by atoms with Gasteiger partial charge in [-0.3, -0.25) is 14.5 Å². The fourth-order valence-electron chi connectivity index (χ4n) is 5.51. The van der Waals surface area contributed by atoms with E-state index in [4.69, 9.17) is 5.73 Å². The number of β-amino-alcohol motifs (C(OH)–C–C–N with tert-alkyl or cyclic N) is 1. The first-order valence-corrected chi connectivity index (χ1v) is 11.5. The third-order valence-electron chi connectivity index (χ3n) is 7.55. The number of primary amides is 1. The standard InChI is InChI=1S/C22H39N3O3/c1-16-10-11-18(19(26)15-25(16)14-17-8-4-2-5-9-17)24-21(28)22(20(23)27)12-6-3-7-13-22/h16-19,26H,2-15H2,1H3,(H2,23,27)(H,24,28)/t16-,18+,19-/m1/s1. The molecule has 0 aromatic heterocycles. The maximum Gasteiger partial charge on any atom is 0.235 e. The monoisotopic (exact) mass is 393 g/mol. The first kappa shape index (κ1) is 21.6. The predicted molar refractivity (Wildman–Crippen MR) is 109 cm³/mol. The number of carbonyl (C=O) groups excluding carboxylic acids is 2. The first-order valence-electron chi connectivity index (χ1n) is 11.5. The van der Waals surface area contributed by atoms with Gasteiger partial charge in [0.2, 0.25) is 11.8 Å². The smallest absolute Gasteiger partial charge is 0.235 e. The molecule has 1 aliphatic heterocycles. The molecule has 2 aliphatic carbocycles. The Labute approximate surface area is 169 Å². The van der Waals surface area contributed by atoms with Gasteiger partial charge in [-0.15, -0.1) is 0 Å². The highest BCUT2D eigenvalue weighted by atomic mass is 16.3. The topological polar surface area (TPSA) is 95.7 Å². The molecular formula is C22H39N3O3. The molecule has 0 unspecified atom stereocenters. The largest absolute Gasteiger partial charge is 0.390 e. The predicted octanol–water partition coefficient (Wildman–Crippen LogP) is 2.33. The summed E-state index contributed by atoms with van der Waals surface area (Å²) in [6, 6.07) is 0.0997. The molecule has 3 atom stereocenters. The molecular weight excluding hydrogens is 354 g/mol. The van der Waals surface area contributed by atoms with Crippen LogP contribution in [0.4, 0.5) is 0 Å². The molecule has 28 heavy (non-hydrogen) atoms. The Morgan fingerprint density at radius 2 is 1.68 bits per heavy atom. The summed E-state index contributed by atoms with van der Waals surface area (Å²) in [5.41, 5.74) is 4.57. The van der Waals surface area contributed by atoms with E-state index in [1.54, 1.807) is 0 Å². The van der Waals surface area contributed by atoms with Gasteiger partial charge >= 0.3 is 0 Å². The van der Waals surface area contributed by atoms with E-state index in [-0.39, 0.29) is 11.9 Å². The zero-order chi connectivity index (χ0) is 20.1. The Morgan fingerprint density at radius 3 is 2.32 bits per heavy atom. The first-order chi connectivity index (χ1) is 13.4. The van der Waals surface area contributed by atoms with E-state index in [2.05, 4.69) is 17.1 Å². The van der Waals surface area contributed by atoms with Crippen LogP contribution in [0.5, 0.6) is 0 Å². The maximum atomic E-state index is 13.0. The van der Waals surface area contributed by atoms with Crippen LogP contribution in [0.1, 0.15) is 84.0 Å². The van der Waals surface area contributed by atoms with E-state index in [0.717, 1.165) is 44.6 Å². The van der Waals surface area contributed by atoms with Gasteiger partial charge < -0.3 is 16.2 Å². The van der Waals surface area contributed by atoms with Gasteiger partial charge in [-0.05, 0) is 51.4 Å². The molecule has 1 saturated heterocycles. The van der Waals surface area contributed by atoms with Crippen LogP contribution in [0.3, 0.4) is 0 Å². The lowest BCUT2D eigenvalue weighted by Gasteiger charge is -2.35. The second-order valence-corrected chi connectivity index (χ2v) is 9.54. The molecule has 2 amide bonds. The van der Waals surface area contributed by atoms with Crippen LogP contribution in [0.2, 0.25) is 0 Å². The minimum atomic E-state index is -1.09. The van der Waals surface area contributed by atoms with Crippen LogP contribution in [0.15, 0.2) is 0 Å². The number of hydrogen-bond acceptors (Lipinski definition) is 4. The molecule has 2 saturated carbocycles. The molecule has 1 heterocycles. The molecule has 0 spiro atoms. The number of aliphatic hydroxyl groups excluding tert-OH is 1. The highest BCUT2D eigenvalue weighted by Gasteiger charge is 2.46. The maximum absolute atomic E-state index is 13.0. The number of hydrogen-bond donors (Lipinski definition) is 3. The minimum Gasteiger partial charge on any atom is -0.390 e. The van der Waals surface area contributed by atoms with Gasteiger partial charge in [0.05, 0.1) is 12.1 Å². The van der Waals surface area contributed by atoms with Crippen molar-refractivity contribution in [3.63, 3.8) is 0 Å². The Kier molecular flexibility index (Phi) is 7.37. The Bertz CT molecular complexity index is 541. The molecule has 160 valence electrons. The summed E-state index contributed by atoms with van der Waals surface area (Å²) in [4.78, 5) is 27.6. The molecule has 0 radical (unpaired) electrons. The quantitative estimate of drug-likeness (QED) is 0.625. The molecule has 3 fully saturated rings. The number of rotatable bonds is 5. The SMILES string of the molecule is C[C@@H]1CC[C@H](NC(=O)C2(C(N)=O)CCCCC2)[C@H](O)CN1CC1CCCCC1. The molecule has 3 aliphatic rings. The van der Waals surface area contributed by atoms with Crippen molar-refractivity contribution in [2.75, 3.05) is 13.1 Å². The lowest BCUT2D eigenvalue weighted by atomic mass is 9.72. The van der Waals surface area contributed by atoms with E-state index in [1.807, 2.05) is 0 Å². The van der Waals surface area contributed by atoms with Gasteiger partial charge in [-0.25, -0.2) is 0 Å². The summed E-state index contributed by atoms with van der Waals surface area (Å²) in [7, 11) is 0. The molecule has 4 N–H and O–H groups in total. The van der Waals surface area contributed by atoms with E-state index in [9.17, 15) is 14.7 Å². The van der Waals surface area contributed by atoms with E-state index in [0.29, 0.717) is 25.4 Å². The third-order valence-corrected chi connectivity index (χ3v) is 7.55. The molecule has 0 aromatic rings. The van der Waals surface area contributed by atoms with Crippen LogP contribution in [0, 0.1) is 11.3 Å². The van der Waals surface area contributed by atoms with E-state index in [1.165, 1.54) is 32.1 Å². The van der Waals surface area contributed by atoms with Crippen molar-refractivity contribution in [3.8, 4) is 0 Å². The summed E-state index contributed by atoms with van der Waals surface area (Å²) in [6.07, 6.45) is 11.5. The molecule has 3 rings (SSSR count). The minimum absolute atomic E-state index is 0.267. The van der Waals surface area contributed by atoms with Crippen molar-refractivity contribution < 1.29 is 14.7 Å². The fraction of sp³-hybridized carbons (Fsp3) is 0.909. The summed E-state index contributed by atoms with van der Waals surface area (Å²) in [6.45, 7) is 3.86. The highest BCUT2D eigenvalue weighted by Crippen LogP contribution is 2.37. The number of nitrogens with one attached hydrogen (secondary N) is 1. The van der Waals surface area contributed by atoms with Crippen LogP contribution in [-0.2, 0) is 9.59 Å². The lowest BCUT2D eigenvalue weighted by Crippen LogP contribution is -2.56. The van der Waals surface area contributed by atoms with Crippen molar-refractivity contribution >= 4 is 11.8 Å². The van der Waals surface area contributed by atoms with Gasteiger partial charge in [0, 0.05) is 19.1 Å². The average molecular weight is 394 g/mol. The Hall–Kier alpha value is -1.14. The second-order valence-electron chi connectivity index (χ2n) is 9.54. The fourth-order valence-corrected chi connectivity index (χ4v) is 5.51. The number of carbonyl (C=O) groups is 2.